The minimum atomic E-state index is 0.440. The second-order valence-corrected chi connectivity index (χ2v) is 6.03. The number of Topliss-reactive ketones (excluding diaryl/α,β-unsaturated/α-hetero) is 2. The molecule has 0 unspecified atom stereocenters. The van der Waals surface area contributed by atoms with E-state index in [4.69, 9.17) is 0 Å². The van der Waals surface area contributed by atoms with Gasteiger partial charge in [-0.2, -0.15) is 0 Å². The van der Waals surface area contributed by atoms with E-state index in [2.05, 4.69) is 9.80 Å². The van der Waals surface area contributed by atoms with E-state index in [1.165, 1.54) is 0 Å². The van der Waals surface area contributed by atoms with Crippen molar-refractivity contribution in [3.05, 3.63) is 0 Å². The fourth-order valence-corrected chi connectivity index (χ4v) is 3.53. The molecule has 6 heterocycles. The fraction of sp³-hybridized carbons (Fsp3) is 0.857. The third-order valence-corrected chi connectivity index (χ3v) is 4.84. The van der Waals surface area contributed by atoms with Crippen molar-refractivity contribution >= 4 is 11.6 Å². The summed E-state index contributed by atoms with van der Waals surface area (Å²) in [5.74, 6) is 1.84. The molecule has 0 amide bonds. The molecule has 18 heavy (non-hydrogen) atoms. The first kappa shape index (κ1) is 12.3. The zero-order valence-electron chi connectivity index (χ0n) is 10.9. The van der Waals surface area contributed by atoms with Gasteiger partial charge in [0.25, 0.3) is 0 Å². The Hall–Kier alpha value is -0.740. The van der Waals surface area contributed by atoms with E-state index in [1.807, 2.05) is 0 Å². The summed E-state index contributed by atoms with van der Waals surface area (Å²) in [5.41, 5.74) is 0. The van der Waals surface area contributed by atoms with Gasteiger partial charge in [-0.3, -0.25) is 19.4 Å². The Balaban J connectivity index is 0.000000111. The van der Waals surface area contributed by atoms with Crippen molar-refractivity contribution in [2.45, 2.75) is 25.7 Å². The summed E-state index contributed by atoms with van der Waals surface area (Å²) in [6.07, 6.45) is 4.50. The molecule has 0 aromatic rings. The van der Waals surface area contributed by atoms with Crippen LogP contribution in [-0.4, -0.2) is 60.6 Å². The second-order valence-electron chi connectivity index (χ2n) is 6.03. The Labute approximate surface area is 108 Å². The van der Waals surface area contributed by atoms with Crippen molar-refractivity contribution in [2.24, 2.45) is 11.8 Å². The highest BCUT2D eigenvalue weighted by Gasteiger charge is 2.32. The number of fused-ring (bicyclic) bond motifs is 6. The molecule has 6 aliphatic heterocycles. The average molecular weight is 250 g/mol. The highest BCUT2D eigenvalue weighted by Crippen LogP contribution is 2.24. The minimum Gasteiger partial charge on any atom is -0.298 e. The molecule has 6 rings (SSSR count). The molecular formula is C14H22N2O2. The summed E-state index contributed by atoms with van der Waals surface area (Å²) in [4.78, 5) is 26.5. The fourth-order valence-electron chi connectivity index (χ4n) is 3.53. The first-order valence-corrected chi connectivity index (χ1v) is 7.22. The van der Waals surface area contributed by atoms with Crippen LogP contribution in [0.4, 0.5) is 0 Å². The van der Waals surface area contributed by atoms with Gasteiger partial charge in [0.1, 0.15) is 11.6 Å². The van der Waals surface area contributed by atoms with Gasteiger partial charge >= 0.3 is 0 Å². The summed E-state index contributed by atoms with van der Waals surface area (Å²) >= 11 is 0. The summed E-state index contributed by atoms with van der Waals surface area (Å²) < 4.78 is 0. The van der Waals surface area contributed by atoms with Crippen molar-refractivity contribution in [3.63, 3.8) is 0 Å². The van der Waals surface area contributed by atoms with Gasteiger partial charge < -0.3 is 0 Å². The average Bonchev–Trinajstić information content (AvgIpc) is 2.41. The monoisotopic (exact) mass is 250 g/mol. The van der Waals surface area contributed by atoms with Crippen LogP contribution in [-0.2, 0) is 9.59 Å². The smallest absolute Gasteiger partial charge is 0.149 e. The van der Waals surface area contributed by atoms with Crippen LogP contribution in [0.5, 0.6) is 0 Å². The zero-order chi connectivity index (χ0) is 12.5. The molecule has 4 nitrogen and oxygen atoms in total. The molecule has 4 heteroatoms. The maximum atomic E-state index is 11.0. The highest BCUT2D eigenvalue weighted by atomic mass is 16.1. The van der Waals surface area contributed by atoms with E-state index in [1.54, 1.807) is 0 Å². The molecule has 6 saturated heterocycles. The number of rotatable bonds is 0. The summed E-state index contributed by atoms with van der Waals surface area (Å²) in [5, 5.41) is 0. The maximum absolute atomic E-state index is 11.0. The van der Waals surface area contributed by atoms with Crippen molar-refractivity contribution in [2.75, 3.05) is 39.3 Å². The van der Waals surface area contributed by atoms with E-state index >= 15 is 0 Å². The molecular weight excluding hydrogens is 228 g/mol. The summed E-state index contributed by atoms with van der Waals surface area (Å²) in [6, 6.07) is 0. The van der Waals surface area contributed by atoms with E-state index in [9.17, 15) is 9.59 Å². The number of hydrogen-bond acceptors (Lipinski definition) is 4. The molecule has 0 saturated carbocycles. The standard InChI is InChI=1S/2C7H11NO/c2*9-7-5-8-3-1-6(7)2-4-8/h2*6H,1-5H2. The van der Waals surface area contributed by atoms with Gasteiger partial charge in [-0.25, -0.2) is 0 Å². The molecule has 6 aliphatic rings. The Morgan fingerprint density at radius 1 is 0.667 bits per heavy atom. The van der Waals surface area contributed by atoms with Crippen LogP contribution in [0.15, 0.2) is 0 Å². The van der Waals surface area contributed by atoms with Gasteiger partial charge in [-0.1, -0.05) is 0 Å². The Kier molecular flexibility index (Phi) is 3.48. The second kappa shape index (κ2) is 5.10. The maximum Gasteiger partial charge on any atom is 0.149 e. The third kappa shape index (κ3) is 2.50. The molecule has 0 spiro atoms. The minimum absolute atomic E-state index is 0.440. The third-order valence-electron chi connectivity index (χ3n) is 4.84. The molecule has 6 fully saturated rings. The van der Waals surface area contributed by atoms with Crippen LogP contribution in [0.3, 0.4) is 0 Å². The first-order valence-electron chi connectivity index (χ1n) is 7.22. The van der Waals surface area contributed by atoms with Crippen LogP contribution >= 0.6 is 0 Å². The van der Waals surface area contributed by atoms with Crippen molar-refractivity contribution in [1.82, 2.24) is 9.80 Å². The number of nitrogens with zero attached hydrogens (tertiary/aromatic N) is 2. The van der Waals surface area contributed by atoms with E-state index in [0.717, 1.165) is 65.0 Å². The lowest BCUT2D eigenvalue weighted by molar-refractivity contribution is -0.131. The van der Waals surface area contributed by atoms with Crippen molar-refractivity contribution in [3.8, 4) is 0 Å². The van der Waals surface area contributed by atoms with E-state index in [-0.39, 0.29) is 0 Å². The van der Waals surface area contributed by atoms with E-state index in [0.29, 0.717) is 23.4 Å². The predicted molar refractivity (Wildman–Crippen MR) is 68.3 cm³/mol. The lowest BCUT2D eigenvalue weighted by Crippen LogP contribution is -2.47. The van der Waals surface area contributed by atoms with Crippen LogP contribution < -0.4 is 0 Å². The molecule has 0 N–H and O–H groups in total. The largest absolute Gasteiger partial charge is 0.298 e. The normalized spacial score (nSPS) is 41.6. The van der Waals surface area contributed by atoms with E-state index < -0.39 is 0 Å². The quantitative estimate of drug-likeness (QED) is 0.630. The Bertz CT molecular complexity index is 306. The molecule has 0 atom stereocenters. The van der Waals surface area contributed by atoms with Gasteiger partial charge in [0.15, 0.2) is 0 Å². The molecule has 0 radical (unpaired) electrons. The zero-order valence-corrected chi connectivity index (χ0v) is 10.9. The number of ketones is 2. The van der Waals surface area contributed by atoms with Gasteiger partial charge in [-0.05, 0) is 51.9 Å². The number of carbonyl (C=O) groups excluding carboxylic acids is 2. The summed E-state index contributed by atoms with van der Waals surface area (Å²) in [7, 11) is 0. The lowest BCUT2D eigenvalue weighted by atomic mass is 9.87. The topological polar surface area (TPSA) is 40.6 Å². The number of hydrogen-bond donors (Lipinski definition) is 0. The van der Waals surface area contributed by atoms with Crippen LogP contribution in [0.2, 0.25) is 0 Å². The SMILES string of the molecule is O=C1CN2CCC1CC2.O=C1CN2CCC1CC2. The molecule has 0 aromatic carbocycles. The highest BCUT2D eigenvalue weighted by molar-refractivity contribution is 5.84. The summed E-state index contributed by atoms with van der Waals surface area (Å²) in [6.45, 7) is 6.13. The molecule has 0 aromatic heterocycles. The van der Waals surface area contributed by atoms with Gasteiger partial charge in [0, 0.05) is 11.8 Å². The number of carbonyl (C=O) groups is 2. The molecule has 0 aliphatic carbocycles. The van der Waals surface area contributed by atoms with Crippen LogP contribution in [0.25, 0.3) is 0 Å². The molecule has 100 valence electrons. The van der Waals surface area contributed by atoms with Crippen LogP contribution in [0, 0.1) is 11.8 Å². The molecule has 4 bridgehead atoms. The van der Waals surface area contributed by atoms with Gasteiger partial charge in [-0.15, -0.1) is 0 Å². The van der Waals surface area contributed by atoms with Crippen molar-refractivity contribution in [1.29, 1.82) is 0 Å². The first-order chi connectivity index (χ1) is 8.72. The van der Waals surface area contributed by atoms with Gasteiger partial charge in [0.2, 0.25) is 0 Å². The van der Waals surface area contributed by atoms with Crippen molar-refractivity contribution < 1.29 is 9.59 Å². The predicted octanol–water partition coefficient (Wildman–Crippen LogP) is 0.562. The van der Waals surface area contributed by atoms with Gasteiger partial charge in [0.05, 0.1) is 13.1 Å². The Morgan fingerprint density at radius 3 is 1.11 bits per heavy atom. The lowest BCUT2D eigenvalue weighted by Gasteiger charge is -2.37. The number of piperidine rings is 6. The Morgan fingerprint density at radius 2 is 1.00 bits per heavy atom. The van der Waals surface area contributed by atoms with Crippen LogP contribution in [0.1, 0.15) is 25.7 Å².